The van der Waals surface area contributed by atoms with Gasteiger partial charge in [-0.15, -0.1) is 0 Å². The fourth-order valence-corrected chi connectivity index (χ4v) is 2.83. The van der Waals surface area contributed by atoms with Gasteiger partial charge in [0.2, 0.25) is 4.77 Å². The van der Waals surface area contributed by atoms with Gasteiger partial charge >= 0.3 is 0 Å². The average Bonchev–Trinajstić information content (AvgIpc) is 2.71. The SMILES string of the molecule is CSC1CCC(n2[nH]nnc2=S)C1. The predicted molar refractivity (Wildman–Crippen MR) is 55.4 cm³/mol. The number of aromatic amines is 1. The van der Waals surface area contributed by atoms with Gasteiger partial charge in [-0.25, -0.2) is 4.68 Å². The second-order valence-electron chi connectivity index (χ2n) is 3.28. The van der Waals surface area contributed by atoms with Gasteiger partial charge in [-0.3, -0.25) is 0 Å². The molecule has 2 atom stereocenters. The minimum absolute atomic E-state index is 0.486. The molecule has 1 N–H and O–H groups in total. The highest BCUT2D eigenvalue weighted by molar-refractivity contribution is 7.99. The second kappa shape index (κ2) is 3.79. The summed E-state index contributed by atoms with van der Waals surface area (Å²) in [7, 11) is 0. The van der Waals surface area contributed by atoms with Gasteiger partial charge in [0.05, 0.1) is 6.04 Å². The molecule has 1 aliphatic rings. The minimum Gasteiger partial charge on any atom is -0.239 e. The van der Waals surface area contributed by atoms with E-state index in [1.807, 2.05) is 16.4 Å². The molecule has 0 radical (unpaired) electrons. The normalized spacial score (nSPS) is 28.1. The van der Waals surface area contributed by atoms with E-state index in [4.69, 9.17) is 12.2 Å². The zero-order valence-electron chi connectivity index (χ0n) is 7.43. The molecule has 2 rings (SSSR count). The summed E-state index contributed by atoms with van der Waals surface area (Å²) in [4.78, 5) is 0. The van der Waals surface area contributed by atoms with E-state index in [0.717, 1.165) is 5.25 Å². The van der Waals surface area contributed by atoms with Crippen LogP contribution in [0.4, 0.5) is 0 Å². The van der Waals surface area contributed by atoms with Gasteiger partial charge in [-0.1, -0.05) is 10.3 Å². The third-order valence-corrected chi connectivity index (χ3v) is 3.92. The summed E-state index contributed by atoms with van der Waals surface area (Å²) in [5.74, 6) is 0. The van der Waals surface area contributed by atoms with Crippen LogP contribution in [0, 0.1) is 4.77 Å². The average molecular weight is 216 g/mol. The Bertz CT molecular complexity index is 331. The van der Waals surface area contributed by atoms with E-state index >= 15 is 0 Å². The van der Waals surface area contributed by atoms with Crippen molar-refractivity contribution in [1.29, 1.82) is 0 Å². The summed E-state index contributed by atoms with van der Waals surface area (Å²) < 4.78 is 2.48. The van der Waals surface area contributed by atoms with Crippen LogP contribution in [0.25, 0.3) is 0 Å². The molecule has 72 valence electrons. The van der Waals surface area contributed by atoms with Crippen LogP contribution in [0.3, 0.4) is 0 Å². The van der Waals surface area contributed by atoms with Crippen LogP contribution < -0.4 is 0 Å². The quantitative estimate of drug-likeness (QED) is 0.766. The number of H-pyrrole nitrogens is 1. The Balaban J connectivity index is 2.12. The lowest BCUT2D eigenvalue weighted by molar-refractivity contribution is 0.450. The van der Waals surface area contributed by atoms with Crippen LogP contribution in [0.2, 0.25) is 0 Å². The van der Waals surface area contributed by atoms with Gasteiger partial charge in [0, 0.05) is 5.25 Å². The Hall–Kier alpha value is -0.360. The lowest BCUT2D eigenvalue weighted by Gasteiger charge is -2.09. The number of nitrogens with one attached hydrogen (secondary N) is 1. The van der Waals surface area contributed by atoms with Gasteiger partial charge in [0.25, 0.3) is 0 Å². The van der Waals surface area contributed by atoms with Crippen molar-refractivity contribution >= 4 is 24.0 Å². The van der Waals surface area contributed by atoms with E-state index in [-0.39, 0.29) is 0 Å². The molecule has 1 aromatic heterocycles. The topological polar surface area (TPSA) is 46.5 Å². The Kier molecular flexibility index (Phi) is 2.69. The maximum absolute atomic E-state index is 5.05. The Morgan fingerprint density at radius 2 is 2.46 bits per heavy atom. The monoisotopic (exact) mass is 216 g/mol. The third-order valence-electron chi connectivity index (χ3n) is 2.55. The summed E-state index contributed by atoms with van der Waals surface area (Å²) in [6.07, 6.45) is 5.80. The van der Waals surface area contributed by atoms with E-state index in [2.05, 4.69) is 21.8 Å². The first-order chi connectivity index (χ1) is 6.31. The van der Waals surface area contributed by atoms with Crippen molar-refractivity contribution in [3.8, 4) is 0 Å². The van der Waals surface area contributed by atoms with Crippen LogP contribution in [0.1, 0.15) is 25.3 Å². The molecule has 1 aliphatic carbocycles. The molecule has 6 heteroatoms. The summed E-state index contributed by atoms with van der Waals surface area (Å²) >= 11 is 6.99. The van der Waals surface area contributed by atoms with Crippen molar-refractivity contribution in [2.45, 2.75) is 30.6 Å². The fourth-order valence-electron chi connectivity index (χ4n) is 1.81. The fraction of sp³-hybridized carbons (Fsp3) is 0.857. The highest BCUT2D eigenvalue weighted by Crippen LogP contribution is 2.35. The molecule has 0 aliphatic heterocycles. The number of tetrazole rings is 1. The molecule has 0 saturated heterocycles. The Morgan fingerprint density at radius 1 is 1.62 bits per heavy atom. The lowest BCUT2D eigenvalue weighted by Crippen LogP contribution is -2.08. The zero-order chi connectivity index (χ0) is 9.26. The zero-order valence-corrected chi connectivity index (χ0v) is 9.07. The highest BCUT2D eigenvalue weighted by Gasteiger charge is 2.26. The summed E-state index contributed by atoms with van der Waals surface area (Å²) in [5, 5.41) is 11.1. The number of nitrogens with zero attached hydrogens (tertiary/aromatic N) is 3. The van der Waals surface area contributed by atoms with Crippen LogP contribution >= 0.6 is 24.0 Å². The first-order valence-electron chi connectivity index (χ1n) is 4.33. The van der Waals surface area contributed by atoms with E-state index < -0.39 is 0 Å². The molecule has 0 spiro atoms. The van der Waals surface area contributed by atoms with Crippen molar-refractivity contribution in [3.63, 3.8) is 0 Å². The number of aromatic nitrogens is 4. The van der Waals surface area contributed by atoms with Crippen molar-refractivity contribution in [3.05, 3.63) is 4.77 Å². The van der Waals surface area contributed by atoms with Gasteiger partial charge < -0.3 is 0 Å². The second-order valence-corrected chi connectivity index (χ2v) is 4.78. The van der Waals surface area contributed by atoms with Crippen molar-refractivity contribution < 1.29 is 0 Å². The molecule has 4 nitrogen and oxygen atoms in total. The standard InChI is InChI=1S/C7H12N4S2/c1-13-6-3-2-5(4-6)11-7(12)8-9-10-11/h5-6H,2-4H2,1H3,(H,8,10,12). The predicted octanol–water partition coefficient (Wildman–Crippen LogP) is 1.79. The maximum Gasteiger partial charge on any atom is 0.238 e. The van der Waals surface area contributed by atoms with E-state index in [0.29, 0.717) is 10.8 Å². The van der Waals surface area contributed by atoms with Gasteiger partial charge in [0.15, 0.2) is 0 Å². The third kappa shape index (κ3) is 1.78. The highest BCUT2D eigenvalue weighted by atomic mass is 32.2. The molecule has 0 aromatic carbocycles. The van der Waals surface area contributed by atoms with Gasteiger partial charge in [0.1, 0.15) is 0 Å². The number of hydrogen-bond acceptors (Lipinski definition) is 4. The smallest absolute Gasteiger partial charge is 0.238 e. The molecule has 1 fully saturated rings. The molecule has 2 unspecified atom stereocenters. The summed E-state index contributed by atoms with van der Waals surface area (Å²) in [5.41, 5.74) is 0. The van der Waals surface area contributed by atoms with E-state index in [1.54, 1.807) is 0 Å². The molecular formula is C7H12N4S2. The first kappa shape index (κ1) is 9.21. The van der Waals surface area contributed by atoms with Crippen molar-refractivity contribution in [2.75, 3.05) is 6.26 Å². The minimum atomic E-state index is 0.486. The van der Waals surface area contributed by atoms with E-state index in [9.17, 15) is 0 Å². The number of rotatable bonds is 2. The summed E-state index contributed by atoms with van der Waals surface area (Å²) in [6, 6.07) is 0.486. The molecule has 0 amide bonds. The van der Waals surface area contributed by atoms with Gasteiger partial charge in [-0.2, -0.15) is 17.0 Å². The maximum atomic E-state index is 5.05. The Morgan fingerprint density at radius 3 is 3.00 bits per heavy atom. The van der Waals surface area contributed by atoms with Crippen LogP contribution in [0.15, 0.2) is 0 Å². The summed E-state index contributed by atoms with van der Waals surface area (Å²) in [6.45, 7) is 0. The molecule has 1 aromatic rings. The Labute approximate surface area is 86.1 Å². The van der Waals surface area contributed by atoms with Crippen molar-refractivity contribution in [1.82, 2.24) is 20.2 Å². The van der Waals surface area contributed by atoms with Crippen LogP contribution in [-0.4, -0.2) is 31.7 Å². The van der Waals surface area contributed by atoms with Crippen molar-refractivity contribution in [2.24, 2.45) is 0 Å². The first-order valence-corrected chi connectivity index (χ1v) is 6.03. The van der Waals surface area contributed by atoms with Gasteiger partial charge in [-0.05, 0) is 37.7 Å². The molecule has 13 heavy (non-hydrogen) atoms. The molecule has 1 heterocycles. The molecule has 0 bridgehead atoms. The lowest BCUT2D eigenvalue weighted by atomic mass is 10.3. The van der Waals surface area contributed by atoms with Crippen LogP contribution in [0.5, 0.6) is 0 Å². The largest absolute Gasteiger partial charge is 0.239 e. The number of thioether (sulfide) groups is 1. The number of hydrogen-bond donors (Lipinski definition) is 1. The van der Waals surface area contributed by atoms with Crippen LogP contribution in [-0.2, 0) is 0 Å². The molecular weight excluding hydrogens is 204 g/mol. The van der Waals surface area contributed by atoms with E-state index in [1.165, 1.54) is 19.3 Å². The molecule has 1 saturated carbocycles.